The first-order valence-corrected chi connectivity index (χ1v) is 8.50. The molecule has 22 heavy (non-hydrogen) atoms. The molecule has 0 aromatic rings. The number of carboxylic acid groups (broad SMARTS) is 1. The van der Waals surface area contributed by atoms with Crippen molar-refractivity contribution in [3.05, 3.63) is 12.2 Å². The summed E-state index contributed by atoms with van der Waals surface area (Å²) in [7, 11) is 0. The summed E-state index contributed by atoms with van der Waals surface area (Å²) in [6, 6.07) is -0.798. The molecule has 1 atom stereocenters. The maximum atomic E-state index is 11.5. The summed E-state index contributed by atoms with van der Waals surface area (Å²) < 4.78 is 0. The highest BCUT2D eigenvalue weighted by Gasteiger charge is 2.09. The molecule has 0 aliphatic heterocycles. The van der Waals surface area contributed by atoms with E-state index in [1.807, 2.05) is 6.08 Å². The van der Waals surface area contributed by atoms with Crippen LogP contribution in [0.3, 0.4) is 0 Å². The van der Waals surface area contributed by atoms with Gasteiger partial charge in [0.25, 0.3) is 0 Å². The van der Waals surface area contributed by atoms with Crippen LogP contribution in [0.15, 0.2) is 12.2 Å². The van der Waals surface area contributed by atoms with Gasteiger partial charge in [0.1, 0.15) is 6.04 Å². The lowest BCUT2D eigenvalue weighted by atomic mass is 10.1. The number of carbonyl (C=O) groups is 2. The van der Waals surface area contributed by atoms with Crippen LogP contribution in [0.5, 0.6) is 0 Å². The number of hydrogen-bond donors (Lipinski definition) is 3. The van der Waals surface area contributed by atoms with Gasteiger partial charge < -0.3 is 16.2 Å². The molecule has 0 aliphatic rings. The van der Waals surface area contributed by atoms with Gasteiger partial charge in [-0.25, -0.2) is 0 Å². The molecule has 0 aromatic heterocycles. The SMILES string of the molecule is CCCCCCCC/C=C/C(=O)NCCCC[C@H](N)C(=O)O. The molecule has 0 unspecified atom stereocenters. The van der Waals surface area contributed by atoms with Crippen LogP contribution >= 0.6 is 0 Å². The third-order valence-corrected chi connectivity index (χ3v) is 3.55. The van der Waals surface area contributed by atoms with E-state index < -0.39 is 12.0 Å². The average molecular weight is 312 g/mol. The topological polar surface area (TPSA) is 92.4 Å². The summed E-state index contributed by atoms with van der Waals surface area (Å²) in [6.07, 6.45) is 13.9. The molecule has 0 saturated carbocycles. The Labute approximate surface area is 134 Å². The second kappa shape index (κ2) is 14.6. The summed E-state index contributed by atoms with van der Waals surface area (Å²) >= 11 is 0. The van der Waals surface area contributed by atoms with Crippen molar-refractivity contribution < 1.29 is 14.7 Å². The number of rotatable bonds is 14. The van der Waals surface area contributed by atoms with Crippen molar-refractivity contribution >= 4 is 11.9 Å². The van der Waals surface area contributed by atoms with E-state index in [2.05, 4.69) is 12.2 Å². The Balaban J connectivity index is 3.41. The largest absolute Gasteiger partial charge is 0.480 e. The monoisotopic (exact) mass is 312 g/mol. The molecule has 0 radical (unpaired) electrons. The van der Waals surface area contributed by atoms with E-state index in [-0.39, 0.29) is 5.91 Å². The van der Waals surface area contributed by atoms with Crippen molar-refractivity contribution in [1.82, 2.24) is 5.32 Å². The molecule has 0 aromatic carbocycles. The fourth-order valence-corrected chi connectivity index (χ4v) is 2.12. The maximum Gasteiger partial charge on any atom is 0.320 e. The van der Waals surface area contributed by atoms with E-state index in [4.69, 9.17) is 10.8 Å². The van der Waals surface area contributed by atoms with E-state index in [0.717, 1.165) is 19.3 Å². The van der Waals surface area contributed by atoms with Gasteiger partial charge in [-0.05, 0) is 38.2 Å². The number of hydrogen-bond acceptors (Lipinski definition) is 3. The molecule has 4 N–H and O–H groups in total. The summed E-state index contributed by atoms with van der Waals surface area (Å²) in [5, 5.41) is 11.4. The van der Waals surface area contributed by atoms with Gasteiger partial charge in [0.15, 0.2) is 0 Å². The average Bonchev–Trinajstić information content (AvgIpc) is 2.49. The Morgan fingerprint density at radius 3 is 2.45 bits per heavy atom. The molecule has 1 amide bonds. The second-order valence-corrected chi connectivity index (χ2v) is 5.69. The quantitative estimate of drug-likeness (QED) is 0.339. The van der Waals surface area contributed by atoms with Crippen molar-refractivity contribution in [3.8, 4) is 0 Å². The Morgan fingerprint density at radius 2 is 1.77 bits per heavy atom. The molecule has 0 spiro atoms. The van der Waals surface area contributed by atoms with Crippen molar-refractivity contribution in [2.45, 2.75) is 77.2 Å². The van der Waals surface area contributed by atoms with Gasteiger partial charge in [0.2, 0.25) is 5.91 Å². The normalized spacial score (nSPS) is 12.5. The van der Waals surface area contributed by atoms with Gasteiger partial charge in [-0.2, -0.15) is 0 Å². The first-order valence-electron chi connectivity index (χ1n) is 8.50. The predicted octanol–water partition coefficient (Wildman–Crippen LogP) is 2.99. The van der Waals surface area contributed by atoms with Crippen molar-refractivity contribution in [3.63, 3.8) is 0 Å². The van der Waals surface area contributed by atoms with Gasteiger partial charge in [0, 0.05) is 6.54 Å². The number of carbonyl (C=O) groups excluding carboxylic acids is 1. The molecular formula is C17H32N2O3. The number of allylic oxidation sites excluding steroid dienone is 1. The van der Waals surface area contributed by atoms with Crippen LogP contribution in [0.4, 0.5) is 0 Å². The van der Waals surface area contributed by atoms with E-state index in [9.17, 15) is 9.59 Å². The third kappa shape index (κ3) is 13.6. The zero-order chi connectivity index (χ0) is 16.6. The first-order chi connectivity index (χ1) is 10.6. The first kappa shape index (κ1) is 20.6. The zero-order valence-electron chi connectivity index (χ0n) is 13.9. The van der Waals surface area contributed by atoms with E-state index in [1.54, 1.807) is 6.08 Å². The number of unbranched alkanes of at least 4 members (excludes halogenated alkanes) is 7. The number of carboxylic acids is 1. The maximum absolute atomic E-state index is 11.5. The van der Waals surface area contributed by atoms with Crippen LogP contribution in [0.25, 0.3) is 0 Å². The van der Waals surface area contributed by atoms with Crippen LogP contribution in [-0.4, -0.2) is 29.6 Å². The second-order valence-electron chi connectivity index (χ2n) is 5.69. The Hall–Kier alpha value is -1.36. The fraction of sp³-hybridized carbons (Fsp3) is 0.765. The highest BCUT2D eigenvalue weighted by Crippen LogP contribution is 2.07. The molecule has 0 aliphatic carbocycles. The lowest BCUT2D eigenvalue weighted by Crippen LogP contribution is -2.30. The lowest BCUT2D eigenvalue weighted by Gasteiger charge is -2.06. The zero-order valence-corrected chi connectivity index (χ0v) is 13.9. The molecule has 5 nitrogen and oxygen atoms in total. The molecule has 128 valence electrons. The summed E-state index contributed by atoms with van der Waals surface area (Å²) in [6.45, 7) is 2.77. The standard InChI is InChI=1S/C17H32N2O3/c1-2-3-4-5-6-7-8-9-13-16(20)19-14-11-10-12-15(18)17(21)22/h9,13,15H,2-8,10-12,14,18H2,1H3,(H,19,20)(H,21,22)/b13-9+/t15-/m0/s1. The lowest BCUT2D eigenvalue weighted by molar-refractivity contribution is -0.138. The van der Waals surface area contributed by atoms with Crippen LogP contribution in [0, 0.1) is 0 Å². The van der Waals surface area contributed by atoms with E-state index >= 15 is 0 Å². The minimum absolute atomic E-state index is 0.0754. The Morgan fingerprint density at radius 1 is 1.09 bits per heavy atom. The van der Waals surface area contributed by atoms with Crippen LogP contribution in [0.1, 0.15) is 71.1 Å². The van der Waals surface area contributed by atoms with Gasteiger partial charge >= 0.3 is 5.97 Å². The number of nitrogens with two attached hydrogens (primary N) is 1. The smallest absolute Gasteiger partial charge is 0.320 e. The van der Waals surface area contributed by atoms with Crippen molar-refractivity contribution in [1.29, 1.82) is 0 Å². The minimum atomic E-state index is -0.971. The Bertz CT molecular complexity index is 330. The van der Waals surface area contributed by atoms with E-state index in [0.29, 0.717) is 19.4 Å². The summed E-state index contributed by atoms with van der Waals surface area (Å²) in [5.41, 5.74) is 5.39. The minimum Gasteiger partial charge on any atom is -0.480 e. The molecule has 0 heterocycles. The van der Waals surface area contributed by atoms with Gasteiger partial charge in [-0.3, -0.25) is 9.59 Å². The van der Waals surface area contributed by atoms with Gasteiger partial charge in [-0.15, -0.1) is 0 Å². The summed E-state index contributed by atoms with van der Waals surface area (Å²) in [4.78, 5) is 22.0. The van der Waals surface area contributed by atoms with Crippen LogP contribution in [0.2, 0.25) is 0 Å². The molecule has 0 fully saturated rings. The van der Waals surface area contributed by atoms with Crippen LogP contribution in [-0.2, 0) is 9.59 Å². The highest BCUT2D eigenvalue weighted by molar-refractivity contribution is 5.87. The van der Waals surface area contributed by atoms with E-state index in [1.165, 1.54) is 32.1 Å². The third-order valence-electron chi connectivity index (χ3n) is 3.55. The fourth-order valence-electron chi connectivity index (χ4n) is 2.12. The molecule has 0 bridgehead atoms. The van der Waals surface area contributed by atoms with Gasteiger partial charge in [-0.1, -0.05) is 45.1 Å². The van der Waals surface area contributed by atoms with Crippen LogP contribution < -0.4 is 11.1 Å². The van der Waals surface area contributed by atoms with Crippen molar-refractivity contribution in [2.24, 2.45) is 5.73 Å². The molecule has 5 heteroatoms. The molecular weight excluding hydrogens is 280 g/mol. The molecule has 0 saturated heterocycles. The highest BCUT2D eigenvalue weighted by atomic mass is 16.4. The van der Waals surface area contributed by atoms with Crippen molar-refractivity contribution in [2.75, 3.05) is 6.54 Å². The summed E-state index contributed by atoms with van der Waals surface area (Å²) in [5.74, 6) is -1.05. The number of nitrogens with one attached hydrogen (secondary N) is 1. The van der Waals surface area contributed by atoms with Gasteiger partial charge in [0.05, 0.1) is 0 Å². The molecule has 0 rings (SSSR count). The Kier molecular flexibility index (Phi) is 13.7. The number of aliphatic carboxylic acids is 1. The predicted molar refractivity (Wildman–Crippen MR) is 89.6 cm³/mol. The number of amides is 1.